The topological polar surface area (TPSA) is 21.3 Å². The second-order valence-corrected chi connectivity index (χ2v) is 1.58. The average Bonchev–Trinajstić information content (AvgIpc) is 2.03. The average molecular weight is 132 g/mol. The van der Waals surface area contributed by atoms with Gasteiger partial charge in [0.15, 0.2) is 0 Å². The van der Waals surface area contributed by atoms with E-state index in [0.717, 1.165) is 6.08 Å². The number of rotatable bonds is 1. The van der Waals surface area contributed by atoms with Crippen LogP contribution < -0.4 is 5.32 Å². The van der Waals surface area contributed by atoms with Crippen LogP contribution >= 0.6 is 12.2 Å². The van der Waals surface area contributed by atoms with Crippen LogP contribution in [0.1, 0.15) is 4.11 Å². The summed E-state index contributed by atoms with van der Waals surface area (Å²) >= 11 is 4.54. The Kier molecular flexibility index (Phi) is 0.753. The molecule has 1 unspecified atom stereocenters. The summed E-state index contributed by atoms with van der Waals surface area (Å²) in [6.07, 6.45) is -0.733. The summed E-state index contributed by atoms with van der Waals surface area (Å²) in [7, 11) is 0. The molecule has 44 valence electrons. The van der Waals surface area contributed by atoms with Gasteiger partial charge in [-0.2, -0.15) is 0 Å². The summed E-state index contributed by atoms with van der Waals surface area (Å²) in [5.74, 6) is 0. The zero-order valence-corrected chi connectivity index (χ0v) is 4.92. The Labute approximate surface area is 57.7 Å². The molecule has 8 heavy (non-hydrogen) atoms. The highest BCUT2D eigenvalue weighted by Crippen LogP contribution is 1.99. The molecule has 1 fully saturated rings. The smallest absolute Gasteiger partial charge is 0.257 e. The Morgan fingerprint density at radius 2 is 3.12 bits per heavy atom. The molecule has 1 atom stereocenters. The Hall–Kier alpha value is -0.570. The lowest BCUT2D eigenvalue weighted by Crippen LogP contribution is -2.13. The molecule has 0 saturated carbocycles. The third kappa shape index (κ3) is 0.980. The van der Waals surface area contributed by atoms with E-state index < -0.39 is 12.6 Å². The third-order valence-electron chi connectivity index (χ3n) is 0.676. The lowest BCUT2D eigenvalue weighted by atomic mass is 10.4. The van der Waals surface area contributed by atoms with Gasteiger partial charge in [-0.1, -0.05) is 6.58 Å². The molecule has 1 N–H and O–H groups in total. The minimum atomic E-state index is -1.99. The standard InChI is InChI=1S/C5H7NOS/c1-2-4-3-6-5(8)7-4/h2,4H,1,3H2,(H,6,8)/i3D2,4D. The molecule has 3 heteroatoms. The van der Waals surface area contributed by atoms with Gasteiger partial charge in [0, 0.05) is 0 Å². The lowest BCUT2D eigenvalue weighted by molar-refractivity contribution is 0.287. The van der Waals surface area contributed by atoms with Gasteiger partial charge in [0.05, 0.1) is 10.6 Å². The monoisotopic (exact) mass is 132 g/mol. The van der Waals surface area contributed by atoms with E-state index in [4.69, 9.17) is 8.85 Å². The van der Waals surface area contributed by atoms with Crippen LogP contribution in [0.4, 0.5) is 0 Å². The van der Waals surface area contributed by atoms with Crippen molar-refractivity contribution in [2.24, 2.45) is 0 Å². The molecular weight excluding hydrogens is 122 g/mol. The summed E-state index contributed by atoms with van der Waals surface area (Å²) in [6, 6.07) is 0. The number of hydrogen-bond acceptors (Lipinski definition) is 2. The van der Waals surface area contributed by atoms with Crippen LogP contribution in [0.3, 0.4) is 0 Å². The Balaban J connectivity index is 2.98. The normalized spacial score (nSPS) is 47.5. The van der Waals surface area contributed by atoms with Gasteiger partial charge in [-0.25, -0.2) is 0 Å². The van der Waals surface area contributed by atoms with Crippen molar-refractivity contribution in [3.63, 3.8) is 0 Å². The SMILES string of the molecule is [2H]C1([2H])NC(=S)OC1([2H])C=C. The Morgan fingerprint density at radius 1 is 2.38 bits per heavy atom. The summed E-state index contributed by atoms with van der Waals surface area (Å²) in [5.41, 5.74) is 0. The maximum Gasteiger partial charge on any atom is 0.257 e. The zero-order chi connectivity index (χ0) is 8.70. The van der Waals surface area contributed by atoms with Gasteiger partial charge in [0.25, 0.3) is 5.17 Å². The van der Waals surface area contributed by atoms with Crippen molar-refractivity contribution >= 4 is 17.4 Å². The van der Waals surface area contributed by atoms with Crippen LogP contribution in [-0.2, 0) is 4.74 Å². The first-order chi connectivity index (χ1) is 4.91. The second kappa shape index (κ2) is 2.13. The van der Waals surface area contributed by atoms with Crippen molar-refractivity contribution < 1.29 is 8.85 Å². The summed E-state index contributed by atoms with van der Waals surface area (Å²) in [5, 5.41) is 2.11. The fourth-order valence-corrected chi connectivity index (χ4v) is 0.497. The van der Waals surface area contributed by atoms with Gasteiger partial charge in [-0.3, -0.25) is 0 Å². The molecule has 1 heterocycles. The predicted molar refractivity (Wildman–Crippen MR) is 35.7 cm³/mol. The largest absolute Gasteiger partial charge is 0.462 e. The fraction of sp³-hybridized carbons (Fsp3) is 0.400. The van der Waals surface area contributed by atoms with Gasteiger partial charge in [-0.05, 0) is 18.3 Å². The number of nitrogens with one attached hydrogen (secondary N) is 1. The highest BCUT2D eigenvalue weighted by atomic mass is 32.1. The van der Waals surface area contributed by atoms with Crippen LogP contribution in [0.25, 0.3) is 0 Å². The molecule has 0 bridgehead atoms. The van der Waals surface area contributed by atoms with E-state index >= 15 is 0 Å². The minimum absolute atomic E-state index is 0.107. The first kappa shape index (κ1) is 2.82. The maximum absolute atomic E-state index is 7.40. The van der Waals surface area contributed by atoms with Crippen LogP contribution in [0.2, 0.25) is 0 Å². The summed E-state index contributed by atoms with van der Waals surface area (Å²) < 4.78 is 26.6. The van der Waals surface area contributed by atoms with Gasteiger partial charge in [-0.15, -0.1) is 0 Å². The van der Waals surface area contributed by atoms with Gasteiger partial charge < -0.3 is 10.1 Å². The Bertz CT molecular complexity index is 220. The van der Waals surface area contributed by atoms with Gasteiger partial charge in [0.1, 0.15) is 6.08 Å². The van der Waals surface area contributed by atoms with E-state index in [1.807, 2.05) is 0 Å². The Morgan fingerprint density at radius 3 is 3.38 bits per heavy atom. The van der Waals surface area contributed by atoms with Crippen molar-refractivity contribution in [1.82, 2.24) is 5.32 Å². The molecule has 1 aliphatic heterocycles. The molecule has 1 saturated heterocycles. The van der Waals surface area contributed by atoms with Crippen LogP contribution in [-0.4, -0.2) is 17.8 Å². The van der Waals surface area contributed by atoms with E-state index in [1.165, 1.54) is 0 Å². The number of hydrogen-bond donors (Lipinski definition) is 1. The molecule has 0 aromatic rings. The highest BCUT2D eigenvalue weighted by molar-refractivity contribution is 7.80. The molecule has 1 rings (SSSR count). The molecule has 1 aliphatic rings. The number of ether oxygens (including phenoxy) is 1. The molecular formula is C5H7NOS. The maximum atomic E-state index is 7.40. The van der Waals surface area contributed by atoms with Crippen LogP contribution in [0, 0.1) is 0 Å². The van der Waals surface area contributed by atoms with Crippen LogP contribution in [0.5, 0.6) is 0 Å². The van der Waals surface area contributed by atoms with Crippen molar-refractivity contribution in [2.45, 2.75) is 6.08 Å². The first-order valence-electron chi connectivity index (χ1n) is 3.56. The molecule has 0 amide bonds. The lowest BCUT2D eigenvalue weighted by Gasteiger charge is -1.97. The summed E-state index contributed by atoms with van der Waals surface area (Å²) in [4.78, 5) is 0. The zero-order valence-electron chi connectivity index (χ0n) is 7.10. The second-order valence-electron chi connectivity index (χ2n) is 1.21. The molecule has 0 spiro atoms. The summed E-state index contributed by atoms with van der Waals surface area (Å²) in [6.45, 7) is 1.30. The molecule has 0 aromatic carbocycles. The van der Waals surface area contributed by atoms with E-state index in [1.54, 1.807) is 0 Å². The highest BCUT2D eigenvalue weighted by Gasteiger charge is 2.14. The quantitative estimate of drug-likeness (QED) is 0.413. The van der Waals surface area contributed by atoms with Crippen molar-refractivity contribution in [3.05, 3.63) is 12.7 Å². The molecule has 2 nitrogen and oxygen atoms in total. The first-order valence-corrected chi connectivity index (χ1v) is 2.47. The van der Waals surface area contributed by atoms with E-state index in [2.05, 4.69) is 24.1 Å². The minimum Gasteiger partial charge on any atom is -0.462 e. The van der Waals surface area contributed by atoms with Crippen molar-refractivity contribution in [2.75, 3.05) is 6.50 Å². The third-order valence-corrected chi connectivity index (χ3v) is 0.861. The fourth-order valence-electron chi connectivity index (χ4n) is 0.356. The van der Waals surface area contributed by atoms with E-state index in [9.17, 15) is 0 Å². The van der Waals surface area contributed by atoms with Gasteiger partial charge >= 0.3 is 0 Å². The number of thiocarbonyl (C=S) groups is 1. The molecule has 0 aromatic heterocycles. The molecule has 0 radical (unpaired) electrons. The molecule has 0 aliphatic carbocycles. The van der Waals surface area contributed by atoms with E-state index in [0.29, 0.717) is 0 Å². The van der Waals surface area contributed by atoms with Crippen LogP contribution in [0.15, 0.2) is 12.7 Å². The van der Waals surface area contributed by atoms with E-state index in [-0.39, 0.29) is 5.17 Å². The predicted octanol–water partition coefficient (Wildman–Crippen LogP) is 0.446. The van der Waals surface area contributed by atoms with Crippen molar-refractivity contribution in [3.8, 4) is 0 Å². The van der Waals surface area contributed by atoms with Gasteiger partial charge in [0.2, 0.25) is 0 Å². The van der Waals surface area contributed by atoms with Crippen molar-refractivity contribution in [1.29, 1.82) is 0 Å².